The number of aromatic nitrogens is 2. The zero-order valence-corrected chi connectivity index (χ0v) is 15.4. The molecule has 1 aromatic heterocycles. The summed E-state index contributed by atoms with van der Waals surface area (Å²) >= 11 is 0. The van der Waals surface area contributed by atoms with Gasteiger partial charge in [0.2, 0.25) is 6.41 Å². The summed E-state index contributed by atoms with van der Waals surface area (Å²) in [6.07, 6.45) is 0.240. The molecule has 0 aliphatic carbocycles. The molecule has 3 rings (SSSR count). The minimum Gasteiger partial charge on any atom is -0.380 e. The normalized spacial score (nSPS) is 11.5. The molecular weight excluding hydrogens is 356 g/mol. The number of fused-ring (bicyclic) bond motifs is 1. The number of rotatable bonds is 6. The van der Waals surface area contributed by atoms with E-state index in [0.717, 1.165) is 11.2 Å². The van der Waals surface area contributed by atoms with Gasteiger partial charge < -0.3 is 15.7 Å². The van der Waals surface area contributed by atoms with Gasteiger partial charge in [0, 0.05) is 31.0 Å². The zero-order valence-electron chi connectivity index (χ0n) is 15.4. The molecule has 0 saturated carbocycles. The number of para-hydroxylation sites is 1. The highest BCUT2D eigenvalue weighted by Crippen LogP contribution is 2.22. The molecule has 0 unspecified atom stereocenters. The molecule has 28 heavy (non-hydrogen) atoms. The number of hydrogen-bond acceptors (Lipinski definition) is 4. The third kappa shape index (κ3) is 4.19. The van der Waals surface area contributed by atoms with Crippen molar-refractivity contribution >= 4 is 23.2 Å². The van der Waals surface area contributed by atoms with Crippen molar-refractivity contribution < 1.29 is 14.7 Å². The first-order chi connectivity index (χ1) is 13.5. The van der Waals surface area contributed by atoms with Gasteiger partial charge in [-0.25, -0.2) is 4.68 Å². The molecule has 3 aromatic rings. The van der Waals surface area contributed by atoms with Crippen molar-refractivity contribution in [1.29, 1.82) is 0 Å². The van der Waals surface area contributed by atoms with Crippen molar-refractivity contribution in [1.82, 2.24) is 14.7 Å². The largest absolute Gasteiger partial charge is 0.380 e. The average molecular weight is 376 g/mol. The Labute approximate surface area is 162 Å². The third-order valence-electron chi connectivity index (χ3n) is 4.23. The first-order valence-corrected chi connectivity index (χ1v) is 8.72. The molecule has 3 N–H and O–H groups in total. The van der Waals surface area contributed by atoms with Crippen LogP contribution in [0.15, 0.2) is 48.5 Å². The van der Waals surface area contributed by atoms with E-state index in [9.17, 15) is 14.7 Å². The molecular formula is C21H20N4O3. The number of amides is 2. The second-order valence-corrected chi connectivity index (χ2v) is 6.35. The third-order valence-corrected chi connectivity index (χ3v) is 4.23. The second-order valence-electron chi connectivity index (χ2n) is 6.35. The average Bonchev–Trinajstić information content (AvgIpc) is 3.10. The van der Waals surface area contributed by atoms with Crippen LogP contribution in [-0.2, 0) is 4.79 Å². The number of nitrogens with two attached hydrogens (primary N) is 1. The quantitative estimate of drug-likeness (QED) is 0.500. The monoisotopic (exact) mass is 376 g/mol. The predicted molar refractivity (Wildman–Crippen MR) is 106 cm³/mol. The van der Waals surface area contributed by atoms with Gasteiger partial charge in [-0.2, -0.15) is 5.10 Å². The highest BCUT2D eigenvalue weighted by molar-refractivity contribution is 6.04. The van der Waals surface area contributed by atoms with Gasteiger partial charge in [-0.05, 0) is 24.3 Å². The van der Waals surface area contributed by atoms with Gasteiger partial charge in [-0.1, -0.05) is 36.1 Å². The Bertz CT molecular complexity index is 1080. The lowest BCUT2D eigenvalue weighted by molar-refractivity contribution is -0.117. The molecule has 0 fully saturated rings. The maximum absolute atomic E-state index is 11.7. The number of carbonyl (C=O) groups is 2. The van der Waals surface area contributed by atoms with Crippen LogP contribution < -0.4 is 5.73 Å². The van der Waals surface area contributed by atoms with Gasteiger partial charge in [-0.3, -0.25) is 9.59 Å². The molecule has 0 bridgehead atoms. The fraction of sp³-hybridized carbons (Fsp3) is 0.190. The fourth-order valence-corrected chi connectivity index (χ4v) is 2.78. The van der Waals surface area contributed by atoms with Gasteiger partial charge >= 0.3 is 0 Å². The molecule has 2 aromatic carbocycles. The number of benzene rings is 2. The molecule has 142 valence electrons. The van der Waals surface area contributed by atoms with Crippen LogP contribution in [0.1, 0.15) is 22.5 Å². The van der Waals surface area contributed by atoms with E-state index in [1.54, 1.807) is 17.8 Å². The molecule has 0 spiro atoms. The minimum absolute atomic E-state index is 0.210. The van der Waals surface area contributed by atoms with E-state index in [0.29, 0.717) is 30.3 Å². The Balaban J connectivity index is 1.89. The number of nitrogens with zero attached hydrogens (tertiary/aromatic N) is 3. The fourth-order valence-electron chi connectivity index (χ4n) is 2.78. The first kappa shape index (κ1) is 19.1. The lowest BCUT2D eigenvalue weighted by Crippen LogP contribution is -2.21. The van der Waals surface area contributed by atoms with E-state index in [1.807, 2.05) is 42.5 Å². The summed E-state index contributed by atoms with van der Waals surface area (Å²) in [7, 11) is 1.64. The summed E-state index contributed by atoms with van der Waals surface area (Å²) in [5.41, 5.74) is 7.85. The summed E-state index contributed by atoms with van der Waals surface area (Å²) in [4.78, 5) is 23.7. The Morgan fingerprint density at radius 1 is 1.32 bits per heavy atom. The Morgan fingerprint density at radius 2 is 2.11 bits per heavy atom. The highest BCUT2D eigenvalue weighted by Gasteiger charge is 2.15. The number of hydrogen-bond donors (Lipinski definition) is 2. The van der Waals surface area contributed by atoms with E-state index in [-0.39, 0.29) is 5.69 Å². The topological polar surface area (TPSA) is 101 Å². The van der Waals surface area contributed by atoms with Crippen molar-refractivity contribution in [3.8, 4) is 17.5 Å². The van der Waals surface area contributed by atoms with Crippen molar-refractivity contribution in [2.75, 3.05) is 13.6 Å². The van der Waals surface area contributed by atoms with E-state index in [1.165, 1.54) is 4.90 Å². The highest BCUT2D eigenvalue weighted by atomic mass is 16.3. The Hall–Kier alpha value is -3.63. The maximum atomic E-state index is 11.7. The van der Waals surface area contributed by atoms with Crippen molar-refractivity contribution in [3.63, 3.8) is 0 Å². The summed E-state index contributed by atoms with van der Waals surface area (Å²) in [5.74, 6) is 5.12. The number of aliphatic hydroxyl groups excluding tert-OH is 1. The van der Waals surface area contributed by atoms with E-state index in [2.05, 4.69) is 16.9 Å². The molecule has 0 saturated heterocycles. The van der Waals surface area contributed by atoms with Crippen LogP contribution in [0.2, 0.25) is 0 Å². The van der Waals surface area contributed by atoms with E-state index < -0.39 is 12.0 Å². The second kappa shape index (κ2) is 8.37. The smallest absolute Gasteiger partial charge is 0.269 e. The number of primary amides is 1. The summed E-state index contributed by atoms with van der Waals surface area (Å²) in [6.45, 7) is 0.425. The van der Waals surface area contributed by atoms with Gasteiger partial charge in [0.1, 0.15) is 6.10 Å². The summed E-state index contributed by atoms with van der Waals surface area (Å²) in [5, 5.41) is 15.0. The first-order valence-electron chi connectivity index (χ1n) is 8.72. The minimum atomic E-state index is -0.835. The van der Waals surface area contributed by atoms with Crippen LogP contribution in [0, 0.1) is 11.8 Å². The molecule has 2 amide bonds. The molecule has 1 atom stereocenters. The Kier molecular flexibility index (Phi) is 5.72. The predicted octanol–water partition coefficient (Wildman–Crippen LogP) is 1.32. The summed E-state index contributed by atoms with van der Waals surface area (Å²) < 4.78 is 1.65. The lowest BCUT2D eigenvalue weighted by atomic mass is 10.1. The standard InChI is InChI=1S/C21H20N4O3/c1-24(14-26)12-11-17(27)10-9-15-5-4-6-16(13-15)25-19-8-3-2-7-18(19)20(23-25)21(22)28/h2-8,13-14,17,27H,11-12H2,1H3,(H2,22,28)/t17-/m1/s1. The molecule has 1 heterocycles. The lowest BCUT2D eigenvalue weighted by Gasteiger charge is -2.10. The molecule has 0 aliphatic rings. The molecule has 0 aliphatic heterocycles. The molecule has 7 heteroatoms. The maximum Gasteiger partial charge on any atom is 0.269 e. The molecule has 7 nitrogen and oxygen atoms in total. The number of carbonyl (C=O) groups excluding carboxylic acids is 2. The van der Waals surface area contributed by atoms with Crippen molar-refractivity contribution in [2.24, 2.45) is 5.73 Å². The van der Waals surface area contributed by atoms with Crippen LogP contribution in [0.4, 0.5) is 0 Å². The van der Waals surface area contributed by atoms with Crippen molar-refractivity contribution in [3.05, 3.63) is 59.8 Å². The van der Waals surface area contributed by atoms with E-state index >= 15 is 0 Å². The van der Waals surface area contributed by atoms with Gasteiger partial charge in [0.15, 0.2) is 5.69 Å². The zero-order chi connectivity index (χ0) is 20.1. The Morgan fingerprint density at radius 3 is 2.86 bits per heavy atom. The van der Waals surface area contributed by atoms with Crippen LogP contribution in [0.5, 0.6) is 0 Å². The van der Waals surface area contributed by atoms with Gasteiger partial charge in [0.25, 0.3) is 5.91 Å². The SMILES string of the molecule is CN(C=O)CC[C@H](O)C#Cc1cccc(-n2nc(C(N)=O)c3ccccc32)c1. The van der Waals surface area contributed by atoms with Crippen LogP contribution in [0.25, 0.3) is 16.6 Å². The van der Waals surface area contributed by atoms with Gasteiger partial charge in [0.05, 0.1) is 11.2 Å². The number of aliphatic hydroxyl groups is 1. The van der Waals surface area contributed by atoms with Crippen LogP contribution >= 0.6 is 0 Å². The molecule has 0 radical (unpaired) electrons. The van der Waals surface area contributed by atoms with Gasteiger partial charge in [-0.15, -0.1) is 0 Å². The van der Waals surface area contributed by atoms with E-state index in [4.69, 9.17) is 5.73 Å². The van der Waals surface area contributed by atoms with Crippen LogP contribution in [0.3, 0.4) is 0 Å². The van der Waals surface area contributed by atoms with Crippen LogP contribution in [-0.4, -0.2) is 51.8 Å². The summed E-state index contributed by atoms with van der Waals surface area (Å²) in [6, 6.07) is 14.7. The van der Waals surface area contributed by atoms with Crippen molar-refractivity contribution in [2.45, 2.75) is 12.5 Å².